The number of nitrogens with one attached hydrogen (secondary N) is 1. The molecule has 108 valence electrons. The van der Waals surface area contributed by atoms with Gasteiger partial charge in [0.2, 0.25) is 0 Å². The second kappa shape index (κ2) is 7.88. The molecule has 8 nitrogen and oxygen atoms in total. The van der Waals surface area contributed by atoms with E-state index in [1.165, 1.54) is 14.2 Å². The average Bonchev–Trinajstić information content (AvgIpc) is 2.46. The summed E-state index contributed by atoms with van der Waals surface area (Å²) in [5, 5.41) is 15.4. The second-order valence-electron chi connectivity index (χ2n) is 3.83. The van der Waals surface area contributed by atoms with Crippen LogP contribution in [0.2, 0.25) is 0 Å². The van der Waals surface area contributed by atoms with Crippen LogP contribution in [0.4, 0.5) is 0 Å². The third kappa shape index (κ3) is 4.34. The lowest BCUT2D eigenvalue weighted by molar-refractivity contribution is -0.139. The molecule has 0 amide bonds. The number of rotatable bonds is 8. The number of nitrogens with zero attached hydrogens (tertiary/aromatic N) is 3. The number of benzene rings is 1. The van der Waals surface area contributed by atoms with E-state index < -0.39 is 12.0 Å². The van der Waals surface area contributed by atoms with Crippen molar-refractivity contribution < 1.29 is 19.4 Å². The van der Waals surface area contributed by atoms with Crippen LogP contribution in [-0.4, -0.2) is 38.4 Å². The van der Waals surface area contributed by atoms with Crippen molar-refractivity contribution >= 4 is 5.97 Å². The monoisotopic (exact) mass is 280 g/mol. The summed E-state index contributed by atoms with van der Waals surface area (Å²) < 4.78 is 10.2. The van der Waals surface area contributed by atoms with E-state index in [4.69, 9.17) is 15.0 Å². The smallest absolute Gasteiger partial charge is 0.325 e. The van der Waals surface area contributed by atoms with Gasteiger partial charge in [-0.3, -0.25) is 4.79 Å². The normalized spacial score (nSPS) is 11.3. The van der Waals surface area contributed by atoms with Crippen LogP contribution in [0.3, 0.4) is 0 Å². The molecule has 0 heterocycles. The lowest BCUT2D eigenvalue weighted by Gasteiger charge is -2.16. The van der Waals surface area contributed by atoms with Crippen LogP contribution in [-0.2, 0) is 4.79 Å². The van der Waals surface area contributed by atoms with Crippen molar-refractivity contribution in [3.8, 4) is 11.5 Å². The molecule has 0 aliphatic heterocycles. The van der Waals surface area contributed by atoms with E-state index in [2.05, 4.69) is 15.3 Å². The van der Waals surface area contributed by atoms with Crippen LogP contribution in [0.15, 0.2) is 23.3 Å². The first-order valence-electron chi connectivity index (χ1n) is 5.82. The number of ether oxygens (including phenoxy) is 2. The summed E-state index contributed by atoms with van der Waals surface area (Å²) in [5.74, 6) is -0.0360. The summed E-state index contributed by atoms with van der Waals surface area (Å²) in [7, 11) is 2.98. The Morgan fingerprint density at radius 2 is 2.00 bits per heavy atom. The van der Waals surface area contributed by atoms with Crippen molar-refractivity contribution in [2.24, 2.45) is 5.11 Å². The number of carbonyl (C=O) groups is 1. The van der Waals surface area contributed by atoms with E-state index in [0.717, 1.165) is 0 Å². The molecule has 0 fully saturated rings. The van der Waals surface area contributed by atoms with Gasteiger partial charge in [0.05, 0.1) is 14.2 Å². The molecule has 1 atom stereocenters. The number of carboxylic acids is 1. The number of hydrogen-bond donors (Lipinski definition) is 2. The second-order valence-corrected chi connectivity index (χ2v) is 3.83. The fourth-order valence-electron chi connectivity index (χ4n) is 1.65. The predicted octanol–water partition coefficient (Wildman–Crippen LogP) is 1.73. The number of azide groups is 1. The quantitative estimate of drug-likeness (QED) is 0.325. The molecule has 2 N–H and O–H groups in total. The molecule has 8 heteroatoms. The molecule has 1 unspecified atom stereocenters. The zero-order valence-corrected chi connectivity index (χ0v) is 11.2. The van der Waals surface area contributed by atoms with Gasteiger partial charge in [-0.1, -0.05) is 5.11 Å². The summed E-state index contributed by atoms with van der Waals surface area (Å²) >= 11 is 0. The molecule has 20 heavy (non-hydrogen) atoms. The highest BCUT2D eigenvalue weighted by atomic mass is 16.5. The Kier molecular flexibility index (Phi) is 6.15. The molecular weight excluding hydrogens is 264 g/mol. The maximum Gasteiger partial charge on any atom is 0.325 e. The van der Waals surface area contributed by atoms with Gasteiger partial charge >= 0.3 is 5.97 Å². The lowest BCUT2D eigenvalue weighted by atomic mass is 10.1. The van der Waals surface area contributed by atoms with Crippen LogP contribution < -0.4 is 14.8 Å². The molecule has 0 aromatic heterocycles. The topological polar surface area (TPSA) is 117 Å². The Balaban J connectivity index is 2.95. The molecular formula is C12H16N4O4. The van der Waals surface area contributed by atoms with Crippen LogP contribution in [0.5, 0.6) is 11.5 Å². The number of aliphatic carboxylic acids is 1. The highest BCUT2D eigenvalue weighted by molar-refractivity contribution is 5.76. The van der Waals surface area contributed by atoms with E-state index >= 15 is 0 Å². The van der Waals surface area contributed by atoms with Crippen molar-refractivity contribution in [2.45, 2.75) is 6.04 Å². The minimum Gasteiger partial charge on any atom is -0.497 e. The molecule has 1 rings (SSSR count). The van der Waals surface area contributed by atoms with Crippen molar-refractivity contribution in [2.75, 3.05) is 27.3 Å². The Labute approximate surface area is 115 Å². The van der Waals surface area contributed by atoms with Crippen LogP contribution in [0.1, 0.15) is 11.6 Å². The van der Waals surface area contributed by atoms with Crippen molar-refractivity contribution in [3.63, 3.8) is 0 Å². The highest BCUT2D eigenvalue weighted by Crippen LogP contribution is 2.26. The average molecular weight is 280 g/mol. The molecule has 0 radical (unpaired) electrons. The molecule has 1 aromatic rings. The van der Waals surface area contributed by atoms with Gasteiger partial charge in [-0.15, -0.1) is 0 Å². The molecule has 0 saturated heterocycles. The third-order valence-corrected chi connectivity index (χ3v) is 2.58. The maximum atomic E-state index is 11.3. The van der Waals surface area contributed by atoms with Gasteiger partial charge in [-0.2, -0.15) is 0 Å². The number of hydrogen-bond acceptors (Lipinski definition) is 5. The van der Waals surface area contributed by atoms with Crippen molar-refractivity contribution in [1.82, 2.24) is 5.32 Å². The first kappa shape index (κ1) is 15.6. The van der Waals surface area contributed by atoms with Gasteiger partial charge < -0.3 is 19.9 Å². The first-order valence-corrected chi connectivity index (χ1v) is 5.82. The Morgan fingerprint density at radius 1 is 1.40 bits per heavy atom. The minimum absolute atomic E-state index is 0.168. The summed E-state index contributed by atoms with van der Waals surface area (Å²) in [6.07, 6.45) is 0. The fourth-order valence-corrected chi connectivity index (χ4v) is 1.65. The largest absolute Gasteiger partial charge is 0.497 e. The number of carboxylic acid groups (broad SMARTS) is 1. The van der Waals surface area contributed by atoms with E-state index in [9.17, 15) is 9.90 Å². The Bertz CT molecular complexity index is 492. The summed E-state index contributed by atoms with van der Waals surface area (Å²) in [6.45, 7) is 0.419. The van der Waals surface area contributed by atoms with Gasteiger partial charge in [-0.25, -0.2) is 0 Å². The number of methoxy groups -OCH3 is 2. The predicted molar refractivity (Wildman–Crippen MR) is 71.9 cm³/mol. The molecule has 1 aromatic carbocycles. The van der Waals surface area contributed by atoms with Gasteiger partial charge in [0.1, 0.15) is 17.5 Å². The lowest BCUT2D eigenvalue weighted by Crippen LogP contribution is -2.30. The van der Waals surface area contributed by atoms with Crippen LogP contribution in [0.25, 0.3) is 10.4 Å². The van der Waals surface area contributed by atoms with Gasteiger partial charge in [-0.05, 0) is 23.2 Å². The Morgan fingerprint density at radius 3 is 2.45 bits per heavy atom. The van der Waals surface area contributed by atoms with Gasteiger partial charge in [0.15, 0.2) is 0 Å². The van der Waals surface area contributed by atoms with Crippen LogP contribution in [0, 0.1) is 0 Å². The SMILES string of the molecule is COc1cc(OC)cc(C(NCCN=[N+]=[N-])C(=O)O)c1. The fraction of sp³-hybridized carbons (Fsp3) is 0.417. The zero-order valence-electron chi connectivity index (χ0n) is 11.2. The highest BCUT2D eigenvalue weighted by Gasteiger charge is 2.20. The van der Waals surface area contributed by atoms with E-state index in [1.807, 2.05) is 0 Å². The minimum atomic E-state index is -1.04. The van der Waals surface area contributed by atoms with E-state index in [-0.39, 0.29) is 13.1 Å². The molecule has 0 saturated carbocycles. The van der Waals surface area contributed by atoms with Crippen molar-refractivity contribution in [1.29, 1.82) is 0 Å². The van der Waals surface area contributed by atoms with E-state index in [1.54, 1.807) is 18.2 Å². The first-order chi connectivity index (χ1) is 9.62. The summed E-state index contributed by atoms with van der Waals surface area (Å²) in [6, 6.07) is 3.94. The van der Waals surface area contributed by atoms with E-state index in [0.29, 0.717) is 17.1 Å². The Hall–Kier alpha value is -2.44. The zero-order chi connectivity index (χ0) is 15.0. The van der Waals surface area contributed by atoms with Crippen LogP contribution >= 0.6 is 0 Å². The maximum absolute atomic E-state index is 11.3. The molecule has 0 spiro atoms. The summed E-state index contributed by atoms with van der Waals surface area (Å²) in [5.41, 5.74) is 8.67. The third-order valence-electron chi connectivity index (χ3n) is 2.58. The molecule has 0 bridgehead atoms. The molecule has 0 aliphatic carbocycles. The standard InChI is InChI=1S/C12H16N4O4/c1-19-9-5-8(6-10(7-9)20-2)11(12(17)18)14-3-4-15-16-13/h5-7,11,14H,3-4H2,1-2H3,(H,17,18). The van der Waals surface area contributed by atoms with Gasteiger partial charge in [0.25, 0.3) is 0 Å². The summed E-state index contributed by atoms with van der Waals surface area (Å²) in [4.78, 5) is 13.9. The van der Waals surface area contributed by atoms with Gasteiger partial charge in [0, 0.05) is 24.1 Å². The molecule has 0 aliphatic rings. The van der Waals surface area contributed by atoms with Crippen molar-refractivity contribution in [3.05, 3.63) is 34.2 Å².